The Balaban J connectivity index is 1.01. The third-order valence-electron chi connectivity index (χ3n) is 10.4. The van der Waals surface area contributed by atoms with Gasteiger partial charge in [0.25, 0.3) is 0 Å². The van der Waals surface area contributed by atoms with E-state index in [1.54, 1.807) is 0 Å². The number of ether oxygens (including phenoxy) is 3. The van der Waals surface area contributed by atoms with Gasteiger partial charge in [-0.25, -0.2) is 4.79 Å². The highest BCUT2D eigenvalue weighted by Crippen LogP contribution is 2.60. The van der Waals surface area contributed by atoms with E-state index >= 15 is 0 Å². The lowest BCUT2D eigenvalue weighted by atomic mass is 9.50. The van der Waals surface area contributed by atoms with Gasteiger partial charge in [0.05, 0.1) is 6.61 Å². The zero-order valence-electron chi connectivity index (χ0n) is 20.2. The van der Waals surface area contributed by atoms with Gasteiger partial charge in [0.15, 0.2) is 6.79 Å². The SMILES string of the molecule is CC(F)(F)C(=O)OC1C2CC3CC(C2)C(CC(=O)OCOCC24CC5CC(CC(C5)C2)C4)C1C3. The summed E-state index contributed by atoms with van der Waals surface area (Å²) in [6.07, 6.45) is 11.4. The van der Waals surface area contributed by atoms with E-state index in [0.29, 0.717) is 30.8 Å². The summed E-state index contributed by atoms with van der Waals surface area (Å²) in [6, 6.07) is 0. The predicted octanol–water partition coefficient (Wildman–Crippen LogP) is 5.36. The first-order chi connectivity index (χ1) is 16.2. The van der Waals surface area contributed by atoms with Crippen LogP contribution >= 0.6 is 0 Å². The van der Waals surface area contributed by atoms with Gasteiger partial charge >= 0.3 is 17.9 Å². The van der Waals surface area contributed by atoms with Crippen molar-refractivity contribution in [2.75, 3.05) is 13.4 Å². The monoisotopic (exact) mass is 480 g/mol. The number of halogens is 2. The topological polar surface area (TPSA) is 61.8 Å². The molecule has 8 fully saturated rings. The smallest absolute Gasteiger partial charge is 0.376 e. The molecule has 190 valence electrons. The number of carbonyl (C=O) groups is 2. The quantitative estimate of drug-likeness (QED) is 0.266. The van der Waals surface area contributed by atoms with Crippen LogP contribution in [0, 0.1) is 52.8 Å². The molecule has 5 nitrogen and oxygen atoms in total. The normalized spacial score (nSPS) is 46.0. The molecule has 0 amide bonds. The van der Waals surface area contributed by atoms with E-state index in [4.69, 9.17) is 14.2 Å². The fourth-order valence-corrected chi connectivity index (χ4v) is 9.79. The van der Waals surface area contributed by atoms with Gasteiger partial charge in [0, 0.05) is 19.3 Å². The second-order valence-corrected chi connectivity index (χ2v) is 13.0. The van der Waals surface area contributed by atoms with Gasteiger partial charge in [-0.05, 0) is 111 Å². The van der Waals surface area contributed by atoms with Crippen molar-refractivity contribution in [3.05, 3.63) is 0 Å². The lowest BCUT2D eigenvalue weighted by Gasteiger charge is -2.57. The zero-order valence-corrected chi connectivity index (χ0v) is 20.2. The number of hydrogen-bond donors (Lipinski definition) is 0. The standard InChI is InChI=1S/C27H38F2O5/c1-26(28,29)25(31)34-24-20-6-15-5-19(8-20)21(22(24)7-15)9-23(30)33-14-32-13-27-10-16-2-17(11-27)4-18(3-16)12-27/h15-22,24H,2-14H2,1H3. The molecule has 8 bridgehead atoms. The fourth-order valence-electron chi connectivity index (χ4n) is 9.79. The van der Waals surface area contributed by atoms with Gasteiger partial charge in [-0.1, -0.05) is 0 Å². The maximum atomic E-state index is 13.5. The summed E-state index contributed by atoms with van der Waals surface area (Å²) < 4.78 is 43.7. The van der Waals surface area contributed by atoms with Crippen molar-refractivity contribution < 1.29 is 32.6 Å². The van der Waals surface area contributed by atoms with Crippen molar-refractivity contribution in [1.82, 2.24) is 0 Å². The molecule has 0 aromatic carbocycles. The van der Waals surface area contributed by atoms with Gasteiger partial charge in [-0.15, -0.1) is 0 Å². The van der Waals surface area contributed by atoms with Gasteiger partial charge in [-0.3, -0.25) is 4.79 Å². The van der Waals surface area contributed by atoms with Crippen molar-refractivity contribution in [3.8, 4) is 0 Å². The van der Waals surface area contributed by atoms with Crippen molar-refractivity contribution in [2.24, 2.45) is 52.8 Å². The van der Waals surface area contributed by atoms with Crippen LogP contribution in [0.1, 0.15) is 77.6 Å². The van der Waals surface area contributed by atoms with Gasteiger partial charge in [0.2, 0.25) is 0 Å². The highest BCUT2D eigenvalue weighted by atomic mass is 19.3. The molecule has 0 N–H and O–H groups in total. The van der Waals surface area contributed by atoms with Gasteiger partial charge < -0.3 is 14.2 Å². The minimum atomic E-state index is -3.49. The predicted molar refractivity (Wildman–Crippen MR) is 119 cm³/mol. The summed E-state index contributed by atoms with van der Waals surface area (Å²) in [4.78, 5) is 24.6. The number of esters is 2. The van der Waals surface area contributed by atoms with E-state index in [0.717, 1.165) is 43.4 Å². The van der Waals surface area contributed by atoms with Crippen LogP contribution in [-0.2, 0) is 23.8 Å². The van der Waals surface area contributed by atoms with E-state index in [2.05, 4.69) is 0 Å². The fraction of sp³-hybridized carbons (Fsp3) is 0.926. The van der Waals surface area contributed by atoms with Crippen LogP contribution in [0.5, 0.6) is 0 Å². The van der Waals surface area contributed by atoms with Crippen molar-refractivity contribution in [3.63, 3.8) is 0 Å². The summed E-state index contributed by atoms with van der Waals surface area (Å²) in [5.74, 6) is -1.52. The first-order valence-corrected chi connectivity index (χ1v) is 13.5. The lowest BCUT2D eigenvalue weighted by Crippen LogP contribution is -2.56. The molecule has 0 spiro atoms. The summed E-state index contributed by atoms with van der Waals surface area (Å²) in [5.41, 5.74) is 0.293. The van der Waals surface area contributed by atoms with Crippen LogP contribution in [-0.4, -0.2) is 37.4 Å². The molecular formula is C27H38F2O5. The Morgan fingerprint density at radius 2 is 1.53 bits per heavy atom. The molecule has 8 rings (SSSR count). The molecule has 8 aliphatic rings. The Kier molecular flexibility index (Phi) is 5.74. The Hall–Kier alpha value is -1.24. The molecule has 7 heteroatoms. The molecule has 6 unspecified atom stereocenters. The van der Waals surface area contributed by atoms with Crippen LogP contribution in [0.3, 0.4) is 0 Å². The molecule has 6 atom stereocenters. The van der Waals surface area contributed by atoms with Crippen LogP contribution in [0.25, 0.3) is 0 Å². The Bertz CT molecular complexity index is 787. The third kappa shape index (κ3) is 4.28. The Morgan fingerprint density at radius 3 is 2.18 bits per heavy atom. The van der Waals surface area contributed by atoms with Gasteiger partial charge in [-0.2, -0.15) is 8.78 Å². The molecule has 0 saturated heterocycles. The number of alkyl halides is 2. The zero-order chi connectivity index (χ0) is 23.7. The molecule has 34 heavy (non-hydrogen) atoms. The molecule has 8 saturated carbocycles. The molecule has 0 aromatic rings. The van der Waals surface area contributed by atoms with Crippen molar-refractivity contribution >= 4 is 11.9 Å². The van der Waals surface area contributed by atoms with E-state index in [-0.39, 0.29) is 36.9 Å². The van der Waals surface area contributed by atoms with E-state index in [1.807, 2.05) is 0 Å². The minimum absolute atomic E-state index is 0.00560. The van der Waals surface area contributed by atoms with Crippen LogP contribution in [0.4, 0.5) is 8.78 Å². The Morgan fingerprint density at radius 1 is 0.882 bits per heavy atom. The maximum Gasteiger partial charge on any atom is 0.376 e. The molecule has 0 heterocycles. The van der Waals surface area contributed by atoms with Crippen molar-refractivity contribution in [2.45, 2.75) is 89.6 Å². The molecule has 0 aliphatic heterocycles. The largest absolute Gasteiger partial charge is 0.457 e. The summed E-state index contributed by atoms with van der Waals surface area (Å²) in [5, 5.41) is 0. The van der Waals surface area contributed by atoms with E-state index in [1.165, 1.54) is 38.5 Å². The average Bonchev–Trinajstić information content (AvgIpc) is 2.74. The first kappa shape index (κ1) is 23.2. The highest BCUT2D eigenvalue weighted by Gasteiger charge is 2.56. The summed E-state index contributed by atoms with van der Waals surface area (Å²) >= 11 is 0. The average molecular weight is 481 g/mol. The van der Waals surface area contributed by atoms with E-state index in [9.17, 15) is 18.4 Å². The maximum absolute atomic E-state index is 13.5. The van der Waals surface area contributed by atoms with Crippen LogP contribution in [0.15, 0.2) is 0 Å². The van der Waals surface area contributed by atoms with Crippen molar-refractivity contribution in [1.29, 1.82) is 0 Å². The number of rotatable bonds is 8. The molecule has 0 radical (unpaired) electrons. The molecule has 8 aliphatic carbocycles. The molecular weight excluding hydrogens is 442 g/mol. The highest BCUT2D eigenvalue weighted by molar-refractivity contribution is 5.77. The van der Waals surface area contributed by atoms with E-state index < -0.39 is 18.0 Å². The number of hydrogen-bond acceptors (Lipinski definition) is 5. The summed E-state index contributed by atoms with van der Waals surface area (Å²) in [7, 11) is 0. The second-order valence-electron chi connectivity index (χ2n) is 13.0. The third-order valence-corrected chi connectivity index (χ3v) is 10.4. The summed E-state index contributed by atoms with van der Waals surface area (Å²) in [6.45, 7) is 1.27. The first-order valence-electron chi connectivity index (χ1n) is 13.5. The Labute approximate surface area is 200 Å². The lowest BCUT2D eigenvalue weighted by molar-refractivity contribution is -0.203. The van der Waals surface area contributed by atoms with Crippen LogP contribution in [0.2, 0.25) is 0 Å². The van der Waals surface area contributed by atoms with Gasteiger partial charge in [0.1, 0.15) is 6.10 Å². The molecule has 0 aromatic heterocycles. The number of carbonyl (C=O) groups excluding carboxylic acids is 2. The minimum Gasteiger partial charge on any atom is -0.457 e. The van der Waals surface area contributed by atoms with Crippen LogP contribution < -0.4 is 0 Å². The second kappa shape index (κ2) is 8.41.